The molecule has 2 nitrogen and oxygen atoms in total. The van der Waals surface area contributed by atoms with Gasteiger partial charge in [-0.3, -0.25) is 0 Å². The Balaban J connectivity index is 3.05. The first-order valence-electron chi connectivity index (χ1n) is 3.53. The van der Waals surface area contributed by atoms with Gasteiger partial charge in [0.15, 0.2) is 0 Å². The van der Waals surface area contributed by atoms with E-state index in [1.165, 1.54) is 22.9 Å². The van der Waals surface area contributed by atoms with Crippen LogP contribution < -0.4 is 0 Å². The van der Waals surface area contributed by atoms with Crippen molar-refractivity contribution in [3.63, 3.8) is 0 Å². The van der Waals surface area contributed by atoms with Crippen molar-refractivity contribution < 1.29 is 0 Å². The Morgan fingerprint density at radius 3 is 3.00 bits per heavy atom. The van der Waals surface area contributed by atoms with E-state index in [4.69, 9.17) is 5.26 Å². The molecule has 1 unspecified atom stereocenters. The molecule has 0 spiro atoms. The Morgan fingerprint density at radius 2 is 2.42 bits per heavy atom. The van der Waals surface area contributed by atoms with Gasteiger partial charge in [0.2, 0.25) is 0 Å². The molecule has 0 N–H and O–H groups in total. The SMILES string of the molecule is Cc1cccc(/C([AsH2])=C\C#N)n1. The van der Waals surface area contributed by atoms with Crippen molar-refractivity contribution in [2.75, 3.05) is 0 Å². The van der Waals surface area contributed by atoms with Crippen molar-refractivity contribution in [3.8, 4) is 6.07 Å². The fraction of sp³-hybridized carbons (Fsp3) is 0.111. The van der Waals surface area contributed by atoms with Gasteiger partial charge < -0.3 is 0 Å². The van der Waals surface area contributed by atoms with E-state index in [1.807, 2.05) is 31.2 Å². The van der Waals surface area contributed by atoms with Gasteiger partial charge >= 0.3 is 80.1 Å². The predicted molar refractivity (Wildman–Crippen MR) is 51.1 cm³/mol. The van der Waals surface area contributed by atoms with E-state index < -0.39 is 0 Å². The number of nitriles is 1. The average molecular weight is 220 g/mol. The van der Waals surface area contributed by atoms with E-state index in [1.54, 1.807) is 0 Å². The summed E-state index contributed by atoms with van der Waals surface area (Å²) in [6.45, 7) is 1.94. The van der Waals surface area contributed by atoms with Crippen molar-refractivity contribution in [3.05, 3.63) is 35.7 Å². The predicted octanol–water partition coefficient (Wildman–Crippen LogP) is 0.888. The fourth-order valence-electron chi connectivity index (χ4n) is 0.847. The third kappa shape index (κ3) is 2.22. The van der Waals surface area contributed by atoms with E-state index in [-0.39, 0.29) is 0 Å². The van der Waals surface area contributed by atoms with E-state index in [9.17, 15) is 0 Å². The number of aryl methyl sites for hydroxylation is 1. The monoisotopic (exact) mass is 220 g/mol. The first-order valence-corrected chi connectivity index (χ1v) is 4.74. The summed E-state index contributed by atoms with van der Waals surface area (Å²) >= 11 is 1.42. The summed E-state index contributed by atoms with van der Waals surface area (Å²) < 4.78 is 0.966. The van der Waals surface area contributed by atoms with Crippen LogP contribution in [0.2, 0.25) is 0 Å². The number of aromatic nitrogens is 1. The van der Waals surface area contributed by atoms with Crippen molar-refractivity contribution >= 4 is 21.2 Å². The summed E-state index contributed by atoms with van der Waals surface area (Å²) in [5, 5.41) is 8.42. The molecule has 0 fully saturated rings. The van der Waals surface area contributed by atoms with Crippen LogP contribution in [0.25, 0.3) is 4.36 Å². The molecule has 0 aliphatic rings. The standard InChI is InChI=1S/C9H9AsN2/c1-7-3-2-4-9(12-7)8(10)5-6-11/h2-5H,10H2,1H3/b8-5+. The molecule has 0 aliphatic carbocycles. The molecule has 1 atom stereocenters. The Bertz CT molecular complexity index is 350. The van der Waals surface area contributed by atoms with Gasteiger partial charge in [-0.15, -0.1) is 0 Å². The van der Waals surface area contributed by atoms with Crippen LogP contribution in [0.5, 0.6) is 0 Å². The van der Waals surface area contributed by atoms with Crippen molar-refractivity contribution in [2.24, 2.45) is 0 Å². The molecular weight excluding hydrogens is 211 g/mol. The third-order valence-electron chi connectivity index (χ3n) is 1.40. The number of hydrogen-bond acceptors (Lipinski definition) is 2. The molecule has 0 amide bonds. The number of pyridine rings is 1. The summed E-state index contributed by atoms with van der Waals surface area (Å²) in [5.74, 6) is 0. The molecule has 0 aromatic carbocycles. The topological polar surface area (TPSA) is 36.7 Å². The molecule has 1 aromatic heterocycles. The Labute approximate surface area is 80.4 Å². The molecule has 0 bridgehead atoms. The van der Waals surface area contributed by atoms with Gasteiger partial charge in [0, 0.05) is 0 Å². The van der Waals surface area contributed by atoms with Crippen LogP contribution in [0, 0.1) is 18.3 Å². The Hall–Kier alpha value is -1.06. The number of allylic oxidation sites excluding steroid dienone is 1. The van der Waals surface area contributed by atoms with E-state index in [0.717, 1.165) is 15.7 Å². The number of rotatable bonds is 1. The maximum absolute atomic E-state index is 8.42. The van der Waals surface area contributed by atoms with Crippen molar-refractivity contribution in [1.82, 2.24) is 4.98 Å². The molecule has 0 saturated carbocycles. The second kappa shape index (κ2) is 4.09. The second-order valence-corrected chi connectivity index (χ2v) is 3.70. The molecule has 0 radical (unpaired) electrons. The zero-order valence-electron chi connectivity index (χ0n) is 6.78. The Kier molecular flexibility index (Phi) is 3.08. The number of hydrogen-bond donors (Lipinski definition) is 0. The number of nitrogens with zero attached hydrogens (tertiary/aromatic N) is 2. The van der Waals surface area contributed by atoms with Gasteiger partial charge in [-0.1, -0.05) is 0 Å². The molecule has 60 valence electrons. The van der Waals surface area contributed by atoms with Crippen LogP contribution in [0.15, 0.2) is 24.3 Å². The summed E-state index contributed by atoms with van der Waals surface area (Å²) in [5.41, 5.74) is 1.88. The van der Waals surface area contributed by atoms with Gasteiger partial charge in [-0.25, -0.2) is 0 Å². The summed E-state index contributed by atoms with van der Waals surface area (Å²) in [6.07, 6.45) is 1.53. The molecule has 1 rings (SSSR count). The van der Waals surface area contributed by atoms with Crippen LogP contribution in [0.1, 0.15) is 11.4 Å². The van der Waals surface area contributed by atoms with Crippen molar-refractivity contribution in [2.45, 2.75) is 6.92 Å². The fourth-order valence-corrected chi connectivity index (χ4v) is 1.34. The van der Waals surface area contributed by atoms with E-state index in [2.05, 4.69) is 4.98 Å². The average Bonchev–Trinajstić information content (AvgIpc) is 2.05. The molecule has 12 heavy (non-hydrogen) atoms. The minimum absolute atomic E-state index is 0.900. The van der Waals surface area contributed by atoms with E-state index in [0.29, 0.717) is 0 Å². The van der Waals surface area contributed by atoms with E-state index >= 15 is 0 Å². The zero-order chi connectivity index (χ0) is 8.97. The van der Waals surface area contributed by atoms with Crippen LogP contribution >= 0.6 is 0 Å². The summed E-state index contributed by atoms with van der Waals surface area (Å²) in [7, 11) is 0. The molecule has 0 aliphatic heterocycles. The maximum atomic E-state index is 8.42. The molecule has 1 heterocycles. The molecule has 0 saturated heterocycles. The van der Waals surface area contributed by atoms with Gasteiger partial charge in [0.05, 0.1) is 0 Å². The normalized spacial score (nSPS) is 10.9. The first-order chi connectivity index (χ1) is 5.74. The molecule has 3 heteroatoms. The third-order valence-corrected chi connectivity index (χ3v) is 2.37. The zero-order valence-corrected chi connectivity index (χ0v) is 9.20. The van der Waals surface area contributed by atoms with Gasteiger partial charge in [0.25, 0.3) is 0 Å². The van der Waals surface area contributed by atoms with Gasteiger partial charge in [0.1, 0.15) is 0 Å². The first kappa shape index (κ1) is 9.03. The van der Waals surface area contributed by atoms with Crippen LogP contribution in [0.4, 0.5) is 0 Å². The van der Waals surface area contributed by atoms with Crippen LogP contribution in [-0.2, 0) is 0 Å². The quantitative estimate of drug-likeness (QED) is 0.520. The minimum atomic E-state index is 0.900. The second-order valence-electron chi connectivity index (χ2n) is 2.39. The molecule has 1 aromatic rings. The Morgan fingerprint density at radius 1 is 1.67 bits per heavy atom. The van der Waals surface area contributed by atoms with Crippen LogP contribution in [-0.4, -0.2) is 21.8 Å². The van der Waals surface area contributed by atoms with Crippen LogP contribution in [0.3, 0.4) is 0 Å². The van der Waals surface area contributed by atoms with Gasteiger partial charge in [-0.05, 0) is 0 Å². The summed E-state index contributed by atoms with van der Waals surface area (Å²) in [4.78, 5) is 4.29. The molecular formula is C9H9AsN2. The van der Waals surface area contributed by atoms with Crippen molar-refractivity contribution in [1.29, 1.82) is 5.26 Å². The summed E-state index contributed by atoms with van der Waals surface area (Å²) in [6, 6.07) is 7.80. The van der Waals surface area contributed by atoms with Gasteiger partial charge in [-0.2, -0.15) is 0 Å².